The number of aromatic carboxylic acids is 1. The van der Waals surface area contributed by atoms with E-state index >= 15 is 0 Å². The molecule has 0 radical (unpaired) electrons. The number of fused-ring (bicyclic) bond motifs is 3. The third-order valence-corrected chi connectivity index (χ3v) is 4.73. The number of anilines is 1. The molecule has 0 spiro atoms. The van der Waals surface area contributed by atoms with Crippen LogP contribution in [0.25, 0.3) is 10.4 Å². The number of aryl methyl sites for hydroxylation is 2. The van der Waals surface area contributed by atoms with Gasteiger partial charge in [-0.15, -0.1) is 11.3 Å². The van der Waals surface area contributed by atoms with Crippen molar-refractivity contribution in [1.29, 1.82) is 0 Å². The van der Waals surface area contributed by atoms with Crippen LogP contribution in [0.4, 0.5) is 5.69 Å². The molecule has 3 rings (SSSR count). The van der Waals surface area contributed by atoms with Crippen LogP contribution in [0.3, 0.4) is 0 Å². The largest absolute Gasteiger partial charge is 0.477 e. The lowest BCUT2D eigenvalue weighted by molar-refractivity contribution is 0.0702. The molecule has 0 saturated carbocycles. The average molecular weight is 273 g/mol. The van der Waals surface area contributed by atoms with E-state index in [0.29, 0.717) is 4.88 Å². The number of carboxylic acids is 1. The molecule has 0 amide bonds. The minimum atomic E-state index is -0.828. The zero-order chi connectivity index (χ0) is 13.6. The van der Waals surface area contributed by atoms with Gasteiger partial charge in [0.15, 0.2) is 0 Å². The Hall–Kier alpha value is -1.81. The van der Waals surface area contributed by atoms with Gasteiger partial charge in [0.2, 0.25) is 0 Å². The average Bonchev–Trinajstić information content (AvgIpc) is 2.82. The highest BCUT2D eigenvalue weighted by Crippen LogP contribution is 2.40. The van der Waals surface area contributed by atoms with Gasteiger partial charge < -0.3 is 10.0 Å². The minimum Gasteiger partial charge on any atom is -0.477 e. The first-order chi connectivity index (χ1) is 9.06. The molecule has 1 heterocycles. The first-order valence-corrected chi connectivity index (χ1v) is 7.04. The number of nitrogens with zero attached hydrogens (tertiary/aromatic N) is 1. The normalized spacial score (nSPS) is 12.7. The van der Waals surface area contributed by atoms with Crippen molar-refractivity contribution >= 4 is 23.0 Å². The summed E-state index contributed by atoms with van der Waals surface area (Å²) in [6.45, 7) is 0. The maximum atomic E-state index is 11.1. The quantitative estimate of drug-likeness (QED) is 0.913. The van der Waals surface area contributed by atoms with Gasteiger partial charge in [-0.25, -0.2) is 4.79 Å². The van der Waals surface area contributed by atoms with E-state index in [9.17, 15) is 4.79 Å². The van der Waals surface area contributed by atoms with Crippen molar-refractivity contribution in [2.75, 3.05) is 19.0 Å². The molecule has 0 fully saturated rings. The number of rotatable bonds is 2. The third-order valence-electron chi connectivity index (χ3n) is 3.53. The lowest BCUT2D eigenvalue weighted by Crippen LogP contribution is -2.10. The van der Waals surface area contributed by atoms with Gasteiger partial charge in [-0.1, -0.05) is 6.07 Å². The molecule has 2 aromatic rings. The molecular formula is C15H15NO2S. The SMILES string of the molecule is CN(C)c1ccc2c(c1)CCc1cc(C(=O)O)sc1-2. The van der Waals surface area contributed by atoms with Crippen LogP contribution in [0.5, 0.6) is 0 Å². The predicted molar refractivity (Wildman–Crippen MR) is 78.4 cm³/mol. The van der Waals surface area contributed by atoms with E-state index in [1.165, 1.54) is 33.7 Å². The fourth-order valence-corrected chi connectivity index (χ4v) is 3.61. The summed E-state index contributed by atoms with van der Waals surface area (Å²) >= 11 is 1.39. The molecule has 3 nitrogen and oxygen atoms in total. The molecule has 19 heavy (non-hydrogen) atoms. The van der Waals surface area contributed by atoms with Gasteiger partial charge in [0, 0.05) is 24.7 Å². The van der Waals surface area contributed by atoms with Gasteiger partial charge in [-0.3, -0.25) is 0 Å². The minimum absolute atomic E-state index is 0.439. The highest BCUT2D eigenvalue weighted by Gasteiger charge is 2.21. The van der Waals surface area contributed by atoms with Crippen molar-refractivity contribution < 1.29 is 9.90 Å². The monoisotopic (exact) mass is 273 g/mol. The first kappa shape index (κ1) is 12.2. The van der Waals surface area contributed by atoms with E-state index in [0.717, 1.165) is 17.7 Å². The summed E-state index contributed by atoms with van der Waals surface area (Å²) in [5, 5.41) is 9.10. The van der Waals surface area contributed by atoms with E-state index in [1.54, 1.807) is 0 Å². The summed E-state index contributed by atoms with van der Waals surface area (Å²) in [5.74, 6) is -0.828. The fourth-order valence-electron chi connectivity index (χ4n) is 2.50. The second-order valence-corrected chi connectivity index (χ2v) is 6.06. The van der Waals surface area contributed by atoms with Crippen molar-refractivity contribution in [3.63, 3.8) is 0 Å². The van der Waals surface area contributed by atoms with E-state index < -0.39 is 5.97 Å². The Morgan fingerprint density at radius 1 is 1.21 bits per heavy atom. The van der Waals surface area contributed by atoms with Gasteiger partial charge in [-0.05, 0) is 47.7 Å². The van der Waals surface area contributed by atoms with Crippen molar-refractivity contribution in [3.8, 4) is 10.4 Å². The zero-order valence-electron chi connectivity index (χ0n) is 10.9. The fraction of sp³-hybridized carbons (Fsp3) is 0.267. The summed E-state index contributed by atoms with van der Waals surface area (Å²) in [7, 11) is 4.06. The lowest BCUT2D eigenvalue weighted by Gasteiger charge is -2.20. The smallest absolute Gasteiger partial charge is 0.345 e. The molecule has 0 aliphatic heterocycles. The number of carboxylic acid groups (broad SMARTS) is 1. The van der Waals surface area contributed by atoms with Crippen molar-refractivity contribution in [2.24, 2.45) is 0 Å². The van der Waals surface area contributed by atoms with Crippen LogP contribution in [0.1, 0.15) is 20.8 Å². The van der Waals surface area contributed by atoms with Crippen LogP contribution in [0, 0.1) is 0 Å². The maximum Gasteiger partial charge on any atom is 0.345 e. The highest BCUT2D eigenvalue weighted by atomic mass is 32.1. The summed E-state index contributed by atoms with van der Waals surface area (Å²) in [6, 6.07) is 8.24. The summed E-state index contributed by atoms with van der Waals surface area (Å²) in [4.78, 5) is 14.7. The number of carbonyl (C=O) groups is 1. The molecule has 1 aromatic carbocycles. The Labute approximate surface area is 116 Å². The van der Waals surface area contributed by atoms with Gasteiger partial charge in [-0.2, -0.15) is 0 Å². The van der Waals surface area contributed by atoms with Crippen LogP contribution < -0.4 is 4.90 Å². The molecule has 1 N–H and O–H groups in total. The first-order valence-electron chi connectivity index (χ1n) is 6.23. The highest BCUT2D eigenvalue weighted by molar-refractivity contribution is 7.17. The lowest BCUT2D eigenvalue weighted by atomic mass is 9.91. The van der Waals surface area contributed by atoms with Crippen molar-refractivity contribution in [1.82, 2.24) is 0 Å². The molecule has 98 valence electrons. The molecule has 1 aromatic heterocycles. The maximum absolute atomic E-state index is 11.1. The third kappa shape index (κ3) is 2.02. The van der Waals surface area contributed by atoms with Crippen molar-refractivity contribution in [3.05, 3.63) is 40.3 Å². The Bertz CT molecular complexity index is 658. The molecule has 0 atom stereocenters. The Kier molecular flexibility index (Phi) is 2.82. The Morgan fingerprint density at radius 2 is 1.95 bits per heavy atom. The number of benzene rings is 1. The molecule has 0 saturated heterocycles. The van der Waals surface area contributed by atoms with Gasteiger partial charge in [0.05, 0.1) is 0 Å². The number of hydrogen-bond donors (Lipinski definition) is 1. The number of thiophene rings is 1. The Balaban J connectivity index is 2.11. The van der Waals surface area contributed by atoms with E-state index in [4.69, 9.17) is 5.11 Å². The second-order valence-electron chi connectivity index (χ2n) is 5.01. The summed E-state index contributed by atoms with van der Waals surface area (Å²) in [5.41, 5.74) is 4.88. The summed E-state index contributed by atoms with van der Waals surface area (Å²) in [6.07, 6.45) is 1.92. The van der Waals surface area contributed by atoms with Crippen LogP contribution in [-0.4, -0.2) is 25.2 Å². The van der Waals surface area contributed by atoms with Crippen LogP contribution >= 0.6 is 11.3 Å². The van der Waals surface area contributed by atoms with Crippen LogP contribution in [0.2, 0.25) is 0 Å². The predicted octanol–water partition coefficient (Wildman–Crippen LogP) is 3.28. The van der Waals surface area contributed by atoms with E-state index in [-0.39, 0.29) is 0 Å². The molecular weight excluding hydrogens is 258 g/mol. The van der Waals surface area contributed by atoms with Gasteiger partial charge >= 0.3 is 5.97 Å². The molecule has 4 heteroatoms. The standard InChI is InChI=1S/C15H15NO2S/c1-16(2)11-5-6-12-9(7-11)3-4-10-8-13(15(17)18)19-14(10)12/h5-8H,3-4H2,1-2H3,(H,17,18). The number of hydrogen-bond acceptors (Lipinski definition) is 3. The van der Waals surface area contributed by atoms with Gasteiger partial charge in [0.1, 0.15) is 4.88 Å². The van der Waals surface area contributed by atoms with Crippen LogP contribution in [-0.2, 0) is 12.8 Å². The molecule has 1 aliphatic rings. The van der Waals surface area contributed by atoms with E-state index in [2.05, 4.69) is 23.1 Å². The van der Waals surface area contributed by atoms with E-state index in [1.807, 2.05) is 20.2 Å². The summed E-state index contributed by atoms with van der Waals surface area (Å²) < 4.78 is 0. The topological polar surface area (TPSA) is 40.5 Å². The molecule has 0 unspecified atom stereocenters. The molecule has 1 aliphatic carbocycles. The Morgan fingerprint density at radius 3 is 2.63 bits per heavy atom. The zero-order valence-corrected chi connectivity index (χ0v) is 11.8. The van der Waals surface area contributed by atoms with Crippen LogP contribution in [0.15, 0.2) is 24.3 Å². The van der Waals surface area contributed by atoms with Crippen molar-refractivity contribution in [2.45, 2.75) is 12.8 Å². The molecule has 0 bridgehead atoms. The second kappa shape index (κ2) is 4.38. The van der Waals surface area contributed by atoms with Gasteiger partial charge in [0.25, 0.3) is 0 Å².